The average Bonchev–Trinajstić information content (AvgIpc) is 2.39. The zero-order chi connectivity index (χ0) is 13.8. The third kappa shape index (κ3) is 3.36. The van der Waals surface area contributed by atoms with Crippen molar-refractivity contribution < 1.29 is 9.18 Å². The normalized spacial score (nSPS) is 10.3. The summed E-state index contributed by atoms with van der Waals surface area (Å²) in [6.07, 6.45) is 1.94. The minimum absolute atomic E-state index is 0.270. The lowest BCUT2D eigenvalue weighted by molar-refractivity contribution is 0.102. The van der Waals surface area contributed by atoms with Crippen LogP contribution in [0.2, 0.25) is 0 Å². The molecule has 0 heterocycles. The lowest BCUT2D eigenvalue weighted by atomic mass is 10.2. The summed E-state index contributed by atoms with van der Waals surface area (Å²) in [6.45, 7) is 0. The maximum Gasteiger partial charge on any atom is 0.256 e. The van der Waals surface area contributed by atoms with Crippen molar-refractivity contribution in [3.05, 3.63) is 58.3 Å². The Hall–Kier alpha value is -1.33. The number of benzene rings is 2. The Balaban J connectivity index is 2.26. The Morgan fingerprint density at radius 3 is 2.68 bits per heavy atom. The molecule has 5 heteroatoms. The van der Waals surface area contributed by atoms with Gasteiger partial charge in [-0.2, -0.15) is 0 Å². The molecule has 0 atom stereocenters. The molecule has 2 aromatic carbocycles. The van der Waals surface area contributed by atoms with E-state index in [9.17, 15) is 9.18 Å². The summed E-state index contributed by atoms with van der Waals surface area (Å²) >= 11 is 4.74. The van der Waals surface area contributed by atoms with E-state index in [-0.39, 0.29) is 11.7 Å². The predicted octanol–water partition coefficient (Wildman–Crippen LogP) is 4.56. The van der Waals surface area contributed by atoms with E-state index in [0.717, 1.165) is 10.6 Å². The van der Waals surface area contributed by atoms with Crippen molar-refractivity contribution in [2.45, 2.75) is 4.90 Å². The van der Waals surface area contributed by atoms with Crippen LogP contribution in [0.25, 0.3) is 0 Å². The van der Waals surface area contributed by atoms with Crippen molar-refractivity contribution in [2.24, 2.45) is 0 Å². The summed E-state index contributed by atoms with van der Waals surface area (Å²) in [5.74, 6) is -0.652. The second-order valence-corrected chi connectivity index (χ2v) is 5.48. The fourth-order valence-corrected chi connectivity index (χ4v) is 2.70. The molecule has 0 aliphatic heterocycles. The summed E-state index contributed by atoms with van der Waals surface area (Å²) in [7, 11) is 0. The standard InChI is InChI=1S/C14H11BrFNOS/c1-19-13-5-3-2-4-12(13)17-14(18)10-7-6-9(16)8-11(10)15/h2-8H,1H3,(H,17,18). The van der Waals surface area contributed by atoms with Crippen LogP contribution in [0, 0.1) is 5.82 Å². The lowest BCUT2D eigenvalue weighted by Crippen LogP contribution is -2.13. The van der Waals surface area contributed by atoms with E-state index in [1.54, 1.807) is 11.8 Å². The highest BCUT2D eigenvalue weighted by Crippen LogP contribution is 2.26. The van der Waals surface area contributed by atoms with Gasteiger partial charge in [-0.15, -0.1) is 11.8 Å². The predicted molar refractivity (Wildman–Crippen MR) is 80.3 cm³/mol. The largest absolute Gasteiger partial charge is 0.321 e. The number of amides is 1. The number of hydrogen-bond acceptors (Lipinski definition) is 2. The first-order valence-corrected chi connectivity index (χ1v) is 7.53. The SMILES string of the molecule is CSc1ccccc1NC(=O)c1ccc(F)cc1Br. The lowest BCUT2D eigenvalue weighted by Gasteiger charge is -2.10. The Labute approximate surface area is 123 Å². The van der Waals surface area contributed by atoms with Gasteiger partial charge in [0.1, 0.15) is 5.82 Å². The van der Waals surface area contributed by atoms with Crippen LogP contribution in [-0.2, 0) is 0 Å². The number of thioether (sulfide) groups is 1. The molecule has 0 unspecified atom stereocenters. The van der Waals surface area contributed by atoms with Crippen LogP contribution in [0.15, 0.2) is 51.8 Å². The van der Waals surface area contributed by atoms with Gasteiger partial charge in [-0.1, -0.05) is 12.1 Å². The van der Waals surface area contributed by atoms with Crippen molar-refractivity contribution in [3.63, 3.8) is 0 Å². The van der Waals surface area contributed by atoms with Gasteiger partial charge >= 0.3 is 0 Å². The summed E-state index contributed by atoms with van der Waals surface area (Å²) < 4.78 is 13.4. The monoisotopic (exact) mass is 339 g/mol. The topological polar surface area (TPSA) is 29.1 Å². The molecule has 0 aliphatic rings. The number of carbonyl (C=O) groups excluding carboxylic acids is 1. The van der Waals surface area contributed by atoms with E-state index < -0.39 is 0 Å². The fraction of sp³-hybridized carbons (Fsp3) is 0.0714. The molecular weight excluding hydrogens is 329 g/mol. The summed E-state index contributed by atoms with van der Waals surface area (Å²) in [4.78, 5) is 13.1. The zero-order valence-electron chi connectivity index (χ0n) is 10.1. The molecule has 2 nitrogen and oxygen atoms in total. The van der Waals surface area contributed by atoms with Gasteiger partial charge in [0.15, 0.2) is 0 Å². The first-order chi connectivity index (χ1) is 9.11. The Morgan fingerprint density at radius 1 is 1.26 bits per heavy atom. The van der Waals surface area contributed by atoms with Crippen LogP contribution in [0.1, 0.15) is 10.4 Å². The quantitative estimate of drug-likeness (QED) is 0.830. The van der Waals surface area contributed by atoms with Gasteiger partial charge in [-0.25, -0.2) is 4.39 Å². The second-order valence-electron chi connectivity index (χ2n) is 3.78. The Morgan fingerprint density at radius 2 is 2.00 bits per heavy atom. The number of hydrogen-bond donors (Lipinski definition) is 1. The third-order valence-electron chi connectivity index (χ3n) is 2.53. The van der Waals surface area contributed by atoms with Gasteiger partial charge in [0.2, 0.25) is 0 Å². The number of rotatable bonds is 3. The maximum atomic E-state index is 13.0. The smallest absolute Gasteiger partial charge is 0.256 e. The molecule has 0 saturated heterocycles. The fourth-order valence-electron chi connectivity index (χ4n) is 1.61. The van der Waals surface area contributed by atoms with E-state index in [0.29, 0.717) is 10.0 Å². The molecule has 98 valence electrons. The number of halogens is 2. The molecule has 2 rings (SSSR count). The highest BCUT2D eigenvalue weighted by molar-refractivity contribution is 9.10. The molecule has 1 N–H and O–H groups in total. The molecular formula is C14H11BrFNOS. The molecule has 0 spiro atoms. The van der Waals surface area contributed by atoms with E-state index in [4.69, 9.17) is 0 Å². The van der Waals surface area contributed by atoms with Crippen molar-refractivity contribution in [2.75, 3.05) is 11.6 Å². The first kappa shape index (κ1) is 14.1. The van der Waals surface area contributed by atoms with Crippen LogP contribution >= 0.6 is 27.7 Å². The summed E-state index contributed by atoms with van der Waals surface area (Å²) in [5.41, 5.74) is 1.15. The van der Waals surface area contributed by atoms with Gasteiger partial charge in [0, 0.05) is 9.37 Å². The highest BCUT2D eigenvalue weighted by Gasteiger charge is 2.12. The maximum absolute atomic E-state index is 13.0. The molecule has 0 aliphatic carbocycles. The summed E-state index contributed by atoms with van der Waals surface area (Å²) in [6, 6.07) is 11.5. The second kappa shape index (κ2) is 6.21. The van der Waals surface area contributed by atoms with Crippen molar-refractivity contribution in [3.8, 4) is 0 Å². The Bertz CT molecular complexity index is 618. The van der Waals surface area contributed by atoms with Gasteiger partial charge in [0.25, 0.3) is 5.91 Å². The van der Waals surface area contributed by atoms with E-state index in [2.05, 4.69) is 21.2 Å². The molecule has 0 fully saturated rings. The molecule has 2 aromatic rings. The zero-order valence-corrected chi connectivity index (χ0v) is 12.5. The molecule has 0 radical (unpaired) electrons. The van der Waals surface area contributed by atoms with Crippen molar-refractivity contribution in [1.82, 2.24) is 0 Å². The minimum Gasteiger partial charge on any atom is -0.321 e. The van der Waals surface area contributed by atoms with Gasteiger partial charge in [-0.3, -0.25) is 4.79 Å². The molecule has 0 bridgehead atoms. The van der Waals surface area contributed by atoms with Crippen LogP contribution in [-0.4, -0.2) is 12.2 Å². The number of anilines is 1. The van der Waals surface area contributed by atoms with E-state index >= 15 is 0 Å². The van der Waals surface area contributed by atoms with Crippen LogP contribution < -0.4 is 5.32 Å². The highest BCUT2D eigenvalue weighted by atomic mass is 79.9. The van der Waals surface area contributed by atoms with Crippen LogP contribution in [0.4, 0.5) is 10.1 Å². The number of nitrogens with one attached hydrogen (secondary N) is 1. The van der Waals surface area contributed by atoms with Crippen LogP contribution in [0.5, 0.6) is 0 Å². The van der Waals surface area contributed by atoms with Gasteiger partial charge in [0.05, 0.1) is 11.3 Å². The minimum atomic E-state index is -0.382. The Kier molecular flexibility index (Phi) is 4.61. The number of carbonyl (C=O) groups is 1. The first-order valence-electron chi connectivity index (χ1n) is 5.51. The van der Waals surface area contributed by atoms with Crippen molar-refractivity contribution >= 4 is 39.3 Å². The number of para-hydroxylation sites is 1. The van der Waals surface area contributed by atoms with E-state index in [1.165, 1.54) is 18.2 Å². The molecule has 0 aromatic heterocycles. The average molecular weight is 340 g/mol. The van der Waals surface area contributed by atoms with Crippen LogP contribution in [0.3, 0.4) is 0 Å². The molecule has 1 amide bonds. The van der Waals surface area contributed by atoms with E-state index in [1.807, 2.05) is 30.5 Å². The third-order valence-corrected chi connectivity index (χ3v) is 3.98. The van der Waals surface area contributed by atoms with Crippen molar-refractivity contribution in [1.29, 1.82) is 0 Å². The van der Waals surface area contributed by atoms with Gasteiger partial charge in [-0.05, 0) is 52.5 Å². The van der Waals surface area contributed by atoms with Gasteiger partial charge < -0.3 is 5.32 Å². The summed E-state index contributed by atoms with van der Waals surface area (Å²) in [5, 5.41) is 2.83. The molecule has 0 saturated carbocycles. The molecule has 19 heavy (non-hydrogen) atoms.